The van der Waals surface area contributed by atoms with Crippen LogP contribution in [0, 0.1) is 35.5 Å². The lowest BCUT2D eigenvalue weighted by Gasteiger charge is -2.42. The number of ketones is 3. The predicted octanol–water partition coefficient (Wildman–Crippen LogP) is 6.05. The van der Waals surface area contributed by atoms with Crippen LogP contribution < -0.4 is 0 Å². The lowest BCUT2D eigenvalue weighted by molar-refractivity contribution is -0.265. The number of amides is 1. The Morgan fingerprint density at radius 1 is 0.899 bits per heavy atom. The van der Waals surface area contributed by atoms with Crippen molar-refractivity contribution in [2.75, 3.05) is 27.9 Å². The molecule has 2 bridgehead atoms. The molecule has 69 heavy (non-hydrogen) atoms. The van der Waals surface area contributed by atoms with Gasteiger partial charge in [-0.3, -0.25) is 19.2 Å². The van der Waals surface area contributed by atoms with Crippen molar-refractivity contribution in [1.29, 1.82) is 0 Å². The summed E-state index contributed by atoms with van der Waals surface area (Å²) in [5, 5.41) is 35.2. The van der Waals surface area contributed by atoms with Crippen LogP contribution in [0.25, 0.3) is 0 Å². The van der Waals surface area contributed by atoms with Crippen molar-refractivity contribution < 1.29 is 57.9 Å². The number of ether oxygens (including phenoxy) is 5. The Bertz CT molecular complexity index is 2020. The van der Waals surface area contributed by atoms with Gasteiger partial charge in [-0.25, -0.2) is 9.48 Å². The largest absolute Gasteiger partial charge is 0.460 e. The van der Waals surface area contributed by atoms with Crippen LogP contribution in [0.2, 0.25) is 0 Å². The molecular weight excluding hydrogens is 887 g/mol. The van der Waals surface area contributed by atoms with Gasteiger partial charge in [0.05, 0.1) is 30.5 Å². The van der Waals surface area contributed by atoms with Crippen molar-refractivity contribution in [3.8, 4) is 0 Å². The van der Waals surface area contributed by atoms with Crippen molar-refractivity contribution >= 4 is 29.2 Å². The number of aliphatic hydroxyl groups is 2. The van der Waals surface area contributed by atoms with Crippen LogP contribution in [0.1, 0.15) is 132 Å². The fourth-order valence-corrected chi connectivity index (χ4v) is 10.8. The number of methoxy groups -OCH3 is 3. The molecule has 3 fully saturated rings. The smallest absolute Gasteiger partial charge is 0.329 e. The third-order valence-electron chi connectivity index (χ3n) is 15.2. The summed E-state index contributed by atoms with van der Waals surface area (Å²) in [6, 6.07) is -1.20. The van der Waals surface area contributed by atoms with E-state index in [1.807, 2.05) is 58.1 Å². The van der Waals surface area contributed by atoms with Gasteiger partial charge in [-0.05, 0) is 117 Å². The van der Waals surface area contributed by atoms with Crippen molar-refractivity contribution in [2.24, 2.45) is 35.5 Å². The van der Waals surface area contributed by atoms with E-state index in [-0.39, 0.29) is 60.9 Å². The first kappa shape index (κ1) is 55.7. The fraction of sp³-hybridized carbons (Fsp3) is 0.731. The fourth-order valence-electron chi connectivity index (χ4n) is 10.8. The van der Waals surface area contributed by atoms with E-state index in [1.165, 1.54) is 12.0 Å². The van der Waals surface area contributed by atoms with E-state index in [9.17, 15) is 34.2 Å². The summed E-state index contributed by atoms with van der Waals surface area (Å²) in [5.41, 5.74) is 1.20. The standard InChI is InChI=1S/C52H79N5O12/c1-31-16-12-11-13-17-32(2)43(65-8)28-39-21-19-37(7)52(64,69-39)49(61)50(62)56-23-15-14-18-41(56)51(63)68-44(34(4)26-38-20-22-40(45(27-38)66-9)57-30-53-54-55-57)29-42(58)33(3)25-36(6)47(60)48(67-10)46(59)35(5)24-31/h11-13,16-17,25,30-31,34-41,43-45,47-48,60,64H,14-15,18-24,26-29H2,1-10H3/b13-11?,16-12?,32-17?,33-25-. The Morgan fingerprint density at radius 2 is 1.65 bits per heavy atom. The maximum Gasteiger partial charge on any atom is 0.329 e. The number of cyclic esters (lactones) is 1. The molecule has 17 heteroatoms. The first-order chi connectivity index (χ1) is 32.8. The molecule has 0 radical (unpaired) electrons. The molecule has 4 aliphatic rings. The molecule has 2 saturated heterocycles. The number of allylic oxidation sites excluding steroid dienone is 6. The second kappa shape index (κ2) is 25.7. The van der Waals surface area contributed by atoms with Crippen molar-refractivity contribution in [3.05, 3.63) is 53.9 Å². The summed E-state index contributed by atoms with van der Waals surface area (Å²) in [7, 11) is 4.63. The number of fused-ring (bicyclic) bond motifs is 3. The van der Waals surface area contributed by atoms with Gasteiger partial charge in [0.2, 0.25) is 5.79 Å². The Kier molecular flexibility index (Phi) is 20.8. The number of aliphatic hydroxyl groups excluding tert-OH is 1. The predicted molar refractivity (Wildman–Crippen MR) is 256 cm³/mol. The van der Waals surface area contributed by atoms with Crippen LogP contribution in [-0.4, -0.2) is 141 Å². The Hall–Kier alpha value is -4.26. The Balaban J connectivity index is 1.46. The zero-order chi connectivity index (χ0) is 50.6. The van der Waals surface area contributed by atoms with Gasteiger partial charge in [0, 0.05) is 58.5 Å². The van der Waals surface area contributed by atoms with E-state index >= 15 is 0 Å². The first-order valence-electron chi connectivity index (χ1n) is 25.0. The lowest BCUT2D eigenvalue weighted by atomic mass is 9.77. The highest BCUT2D eigenvalue weighted by Crippen LogP contribution is 2.39. The highest BCUT2D eigenvalue weighted by Gasteiger charge is 2.53. The van der Waals surface area contributed by atoms with Crippen molar-refractivity contribution in [3.63, 3.8) is 0 Å². The Morgan fingerprint density at radius 3 is 2.33 bits per heavy atom. The summed E-state index contributed by atoms with van der Waals surface area (Å²) >= 11 is 0. The van der Waals surface area contributed by atoms with Crippen LogP contribution >= 0.6 is 0 Å². The minimum absolute atomic E-state index is 0.0197. The summed E-state index contributed by atoms with van der Waals surface area (Å²) < 4.78 is 31.6. The van der Waals surface area contributed by atoms with Gasteiger partial charge in [-0.1, -0.05) is 71.1 Å². The number of tetrazole rings is 1. The van der Waals surface area contributed by atoms with E-state index in [1.54, 1.807) is 52.1 Å². The van der Waals surface area contributed by atoms with Gasteiger partial charge in [-0.2, -0.15) is 0 Å². The third-order valence-corrected chi connectivity index (χ3v) is 15.2. The van der Waals surface area contributed by atoms with E-state index < -0.39 is 77.8 Å². The molecule has 1 saturated carbocycles. The average molecular weight is 966 g/mol. The van der Waals surface area contributed by atoms with Gasteiger partial charge < -0.3 is 38.8 Å². The van der Waals surface area contributed by atoms with E-state index in [2.05, 4.69) is 15.5 Å². The second-order valence-electron chi connectivity index (χ2n) is 20.4. The molecule has 2 N–H and O–H groups in total. The quantitative estimate of drug-likeness (QED) is 0.235. The third kappa shape index (κ3) is 14.2. The number of rotatable bonds is 7. The van der Waals surface area contributed by atoms with E-state index in [0.29, 0.717) is 56.9 Å². The maximum atomic E-state index is 14.5. The van der Waals surface area contributed by atoms with Crippen LogP contribution in [0.3, 0.4) is 0 Å². The number of Topliss-reactive ketones (excluding diaryl/α,β-unsaturated/α-hetero) is 3. The minimum Gasteiger partial charge on any atom is -0.460 e. The molecule has 384 valence electrons. The molecule has 0 aromatic carbocycles. The summed E-state index contributed by atoms with van der Waals surface area (Å²) in [4.78, 5) is 72.3. The molecule has 15 atom stereocenters. The minimum atomic E-state index is -2.43. The molecule has 1 amide bonds. The number of carbonyl (C=O) groups excluding carboxylic acids is 5. The van der Waals surface area contributed by atoms with Crippen LogP contribution in [0.4, 0.5) is 0 Å². The van der Waals surface area contributed by atoms with Crippen molar-refractivity contribution in [1.82, 2.24) is 25.1 Å². The highest BCUT2D eigenvalue weighted by atomic mass is 16.6. The van der Waals surface area contributed by atoms with E-state index in [4.69, 9.17) is 23.7 Å². The molecule has 1 aromatic heterocycles. The highest BCUT2D eigenvalue weighted by molar-refractivity contribution is 6.39. The number of esters is 1. The number of nitrogens with zero attached hydrogens (tertiary/aromatic N) is 5. The molecule has 4 heterocycles. The summed E-state index contributed by atoms with van der Waals surface area (Å²) in [6.45, 7) is 12.8. The normalized spacial score (nSPS) is 37.1. The summed E-state index contributed by atoms with van der Waals surface area (Å²) in [6.07, 6.45) is 14.0. The average Bonchev–Trinajstić information content (AvgIpc) is 3.88. The number of aromatic nitrogens is 4. The van der Waals surface area contributed by atoms with Gasteiger partial charge in [-0.15, -0.1) is 5.10 Å². The first-order valence-corrected chi connectivity index (χ1v) is 25.0. The SMILES string of the molecule is COC1CC2CCC(C)C(O)(O2)C(=O)C(=O)N2CCCCC2C(=O)OC(C(C)CC2CCC(n3cnnn3)C(OC)C2)CC(=O)/C(C)=C\C(C)C(O)C(OC)C(=O)C(C)CC(C)C=CC=CC=C1C. The summed E-state index contributed by atoms with van der Waals surface area (Å²) in [5.74, 6) is -7.89. The molecule has 15 unspecified atom stereocenters. The molecule has 3 aliphatic heterocycles. The Labute approximate surface area is 408 Å². The molecule has 1 aromatic rings. The molecular formula is C52H79N5O12. The number of hydrogen-bond donors (Lipinski definition) is 2. The van der Waals surface area contributed by atoms with Crippen molar-refractivity contribution in [2.45, 2.75) is 180 Å². The zero-order valence-electron chi connectivity index (χ0n) is 42.5. The molecule has 1 aliphatic carbocycles. The topological polar surface area (TPSA) is 219 Å². The van der Waals surface area contributed by atoms with Gasteiger partial charge in [0.15, 0.2) is 11.6 Å². The molecule has 0 spiro atoms. The zero-order valence-corrected chi connectivity index (χ0v) is 42.5. The van der Waals surface area contributed by atoms with Crippen LogP contribution in [0.5, 0.6) is 0 Å². The van der Waals surface area contributed by atoms with E-state index in [0.717, 1.165) is 18.4 Å². The van der Waals surface area contributed by atoms with Gasteiger partial charge >= 0.3 is 5.97 Å². The maximum absolute atomic E-state index is 14.5. The molecule has 17 nitrogen and oxygen atoms in total. The lowest BCUT2D eigenvalue weighted by Crippen LogP contribution is -2.61. The van der Waals surface area contributed by atoms with Crippen LogP contribution in [0.15, 0.2) is 53.9 Å². The van der Waals surface area contributed by atoms with Crippen LogP contribution in [-0.2, 0) is 47.7 Å². The van der Waals surface area contributed by atoms with Gasteiger partial charge in [0.1, 0.15) is 24.6 Å². The molecule has 5 rings (SSSR count). The van der Waals surface area contributed by atoms with Gasteiger partial charge in [0.25, 0.3) is 11.7 Å². The number of carbonyl (C=O) groups is 5. The number of piperidine rings is 1. The number of hydrogen-bond acceptors (Lipinski definition) is 15. The monoisotopic (exact) mass is 966 g/mol. The second-order valence-corrected chi connectivity index (χ2v) is 20.4.